The number of alkyl carbamates (subject to hydrolysis) is 1. The number of hydrogen-bond acceptors (Lipinski definition) is 8. The van der Waals surface area contributed by atoms with Crippen molar-refractivity contribution in [3.63, 3.8) is 0 Å². The van der Waals surface area contributed by atoms with Crippen molar-refractivity contribution >= 4 is 49.1 Å². The predicted octanol–water partition coefficient (Wildman–Crippen LogP) is 2.48. The number of allylic oxidation sites excluding steroid dienone is 1. The van der Waals surface area contributed by atoms with E-state index in [1.165, 1.54) is 7.11 Å². The third-order valence-electron chi connectivity index (χ3n) is 3.25. The average molecular weight is 680 g/mol. The van der Waals surface area contributed by atoms with E-state index in [4.69, 9.17) is 5.73 Å². The van der Waals surface area contributed by atoms with Gasteiger partial charge in [-0.3, -0.25) is 15.9 Å². The molecule has 0 spiro atoms. The van der Waals surface area contributed by atoms with Gasteiger partial charge in [-0.1, -0.05) is 6.42 Å². The number of fused-ring (bicyclic) bond motifs is 1. The number of hydrogen-bond donors (Lipinski definition) is 2. The van der Waals surface area contributed by atoms with Crippen LogP contribution >= 0.6 is 8.58 Å². The van der Waals surface area contributed by atoms with Crippen molar-refractivity contribution in [1.29, 1.82) is 0 Å². The average Bonchev–Trinajstić information content (AvgIpc) is 3.42. The Balaban J connectivity index is 0. The van der Waals surface area contributed by atoms with Gasteiger partial charge in [-0.2, -0.15) is 18.3 Å². The van der Waals surface area contributed by atoms with Gasteiger partial charge in [0.2, 0.25) is 6.09 Å². The zero-order valence-corrected chi connectivity index (χ0v) is 23.0. The molecular formula is C19H20N5O6PVW. The molecular weight excluding hydrogens is 660 g/mol. The van der Waals surface area contributed by atoms with Crippen LogP contribution in [0.1, 0.15) is 12.2 Å². The Morgan fingerprint density at radius 1 is 1.33 bits per heavy atom. The summed E-state index contributed by atoms with van der Waals surface area (Å²) < 4.78 is 8.10. The Morgan fingerprint density at radius 3 is 2.55 bits per heavy atom. The summed E-state index contributed by atoms with van der Waals surface area (Å²) >= 11 is 0. The van der Waals surface area contributed by atoms with E-state index >= 15 is 0 Å². The van der Waals surface area contributed by atoms with Gasteiger partial charge in [-0.15, -0.1) is 18.6 Å². The number of ether oxygens (including phenoxy) is 2. The van der Waals surface area contributed by atoms with E-state index in [1.54, 1.807) is 24.6 Å². The van der Waals surface area contributed by atoms with Crippen LogP contribution in [0, 0.1) is 12.1 Å². The molecule has 14 heteroatoms. The summed E-state index contributed by atoms with van der Waals surface area (Å²) in [5.41, 5.74) is 8.47. The summed E-state index contributed by atoms with van der Waals surface area (Å²) in [6.45, 7) is -0.00978. The molecule has 1 radical (unpaired) electrons. The number of methoxy groups -OCH3 is 2. The number of imidazole rings is 1. The molecule has 3 N–H and O–H groups in total. The van der Waals surface area contributed by atoms with E-state index in [9.17, 15) is 19.2 Å². The molecule has 0 bridgehead atoms. The molecule has 3 rings (SSSR count). The first-order valence-corrected chi connectivity index (χ1v) is 9.62. The van der Waals surface area contributed by atoms with Gasteiger partial charge in [0.05, 0.1) is 26.6 Å². The van der Waals surface area contributed by atoms with Gasteiger partial charge in [0.15, 0.2) is 5.52 Å². The molecule has 1 atom stereocenters. The smallest absolute Gasteiger partial charge is 0.632 e. The number of carbonyl (C=O) groups excluding carboxylic acids is 4. The minimum atomic E-state index is -0.995. The van der Waals surface area contributed by atoms with Gasteiger partial charge in [0.25, 0.3) is 0 Å². The maximum atomic E-state index is 11.2. The van der Waals surface area contributed by atoms with Crippen LogP contribution in [-0.4, -0.2) is 60.2 Å². The normalized spacial score (nSPS) is 10.9. The number of aliphatic imine (C=N–C) groups is 1. The Bertz CT molecular complexity index is 936. The zero-order chi connectivity index (χ0) is 23.1. The topological polar surface area (TPSA) is 164 Å². The zero-order valence-electron chi connectivity index (χ0n) is 17.6. The van der Waals surface area contributed by atoms with Crippen molar-refractivity contribution in [2.24, 2.45) is 4.99 Å². The molecule has 0 fully saturated rings. The van der Waals surface area contributed by atoms with Crippen molar-refractivity contribution in [2.45, 2.75) is 12.8 Å². The Morgan fingerprint density at radius 2 is 2.03 bits per heavy atom. The van der Waals surface area contributed by atoms with E-state index < -0.39 is 12.2 Å². The molecule has 2 aromatic rings. The molecule has 0 saturated heterocycles. The third-order valence-corrected chi connectivity index (χ3v) is 4.30. The SMILES string of the molecule is COC(=O)NCC(=O)PC1=NC=[C-]C1.COC([NH-])=O.O=[C-]Cc1nc2c[c-]ccc2[nH]1.[V+2].[W+2]. The van der Waals surface area contributed by atoms with Crippen LogP contribution in [0.3, 0.4) is 0 Å². The monoisotopic (exact) mass is 680 g/mol. The second kappa shape index (κ2) is 19.2. The fourth-order valence-corrected chi connectivity index (χ4v) is 2.74. The van der Waals surface area contributed by atoms with E-state index in [1.807, 2.05) is 6.07 Å². The van der Waals surface area contributed by atoms with Gasteiger partial charge in [-0.05, 0) is 19.6 Å². The quantitative estimate of drug-likeness (QED) is 0.350. The first-order chi connectivity index (χ1) is 14.9. The molecule has 0 saturated carbocycles. The van der Waals surface area contributed by atoms with Gasteiger partial charge < -0.3 is 46.4 Å². The molecule has 1 aromatic carbocycles. The molecule has 0 aliphatic carbocycles. The van der Waals surface area contributed by atoms with Crippen LogP contribution in [0.4, 0.5) is 9.59 Å². The first kappa shape index (κ1) is 32.9. The fraction of sp³-hybridized carbons (Fsp3) is 0.263. The van der Waals surface area contributed by atoms with E-state index in [0.717, 1.165) is 23.6 Å². The van der Waals surface area contributed by atoms with Crippen molar-refractivity contribution in [3.05, 3.63) is 48.1 Å². The largest absolute Gasteiger partial charge is 2.00 e. The maximum absolute atomic E-state index is 11.2. The molecule has 33 heavy (non-hydrogen) atoms. The predicted molar refractivity (Wildman–Crippen MR) is 115 cm³/mol. The van der Waals surface area contributed by atoms with Gasteiger partial charge in [-0.25, -0.2) is 4.79 Å². The standard InChI is InChI=1S/C9H6N2O.C8H10N2O3P.C2H5NO2.V.W/c12-6-5-9-10-7-3-1-2-4-8(7)11-9;1-13-8(12)10-5-7(11)14-6-3-2-4-9-6;1-5-2(3)4;;/h1,3-4H,5H2,(H,10,11);4,14H,3,5H2,1H3,(H,10,12);1H3,(H2,3,4);;/q-2;-1;;2*+2/p-1. The molecule has 1 aliphatic rings. The molecule has 11 nitrogen and oxygen atoms in total. The van der Waals surface area contributed by atoms with Crippen LogP contribution in [0.5, 0.6) is 0 Å². The number of nitrogens with one attached hydrogen (secondary N) is 3. The van der Waals surface area contributed by atoms with Crippen LogP contribution in [-0.2, 0) is 65.1 Å². The summed E-state index contributed by atoms with van der Waals surface area (Å²) in [5, 5.41) is 2.32. The van der Waals surface area contributed by atoms with Gasteiger partial charge in [0, 0.05) is 5.45 Å². The van der Waals surface area contributed by atoms with Gasteiger partial charge in [0.1, 0.15) is 0 Å². The van der Waals surface area contributed by atoms with Crippen molar-refractivity contribution in [1.82, 2.24) is 15.3 Å². The van der Waals surface area contributed by atoms with E-state index in [0.29, 0.717) is 12.2 Å². The minimum absolute atomic E-state index is 0. The first-order valence-electron chi connectivity index (χ1n) is 8.62. The number of benzene rings is 1. The van der Waals surface area contributed by atoms with Crippen molar-refractivity contribution in [2.75, 3.05) is 20.8 Å². The Labute approximate surface area is 218 Å². The second-order valence-corrected chi connectivity index (χ2v) is 6.80. The number of H-pyrrole nitrogens is 1. The minimum Gasteiger partial charge on any atom is -0.632 e. The van der Waals surface area contributed by atoms with E-state index in [2.05, 4.69) is 41.9 Å². The van der Waals surface area contributed by atoms with Crippen LogP contribution in [0.15, 0.2) is 29.4 Å². The van der Waals surface area contributed by atoms with Crippen molar-refractivity contribution in [3.8, 4) is 0 Å². The maximum Gasteiger partial charge on any atom is 2.00 e. The number of rotatable bonds is 6. The second-order valence-electron chi connectivity index (χ2n) is 5.42. The number of aromatic amines is 1. The summed E-state index contributed by atoms with van der Waals surface area (Å²) in [4.78, 5) is 52.3. The molecule has 1 aromatic heterocycles. The molecule has 1 unspecified atom stereocenters. The number of aromatic nitrogens is 2. The number of nitrogens with zero attached hydrogens (tertiary/aromatic N) is 2. The van der Waals surface area contributed by atoms with Gasteiger partial charge >= 0.3 is 45.7 Å². The Hall–Kier alpha value is -2.32. The molecule has 1 aliphatic heterocycles. The van der Waals surface area contributed by atoms with Crippen LogP contribution in [0.25, 0.3) is 16.8 Å². The van der Waals surface area contributed by atoms with E-state index in [-0.39, 0.29) is 66.7 Å². The summed E-state index contributed by atoms with van der Waals surface area (Å²) in [6.07, 6.45) is 5.46. The molecule has 173 valence electrons. The Kier molecular flexibility index (Phi) is 19.1. The van der Waals surface area contributed by atoms with Crippen molar-refractivity contribution < 1.29 is 68.3 Å². The molecule has 2 amide bonds. The summed E-state index contributed by atoms with van der Waals surface area (Å²) in [7, 11) is 2.42. The van der Waals surface area contributed by atoms with Crippen LogP contribution < -0.4 is 5.32 Å². The van der Waals surface area contributed by atoms with Crippen LogP contribution in [0.2, 0.25) is 0 Å². The number of amides is 2. The number of carbonyl (C=O) groups is 3. The molecule has 2 heterocycles. The fourth-order valence-electron chi connectivity index (χ4n) is 1.92. The third kappa shape index (κ3) is 14.4. The summed E-state index contributed by atoms with van der Waals surface area (Å²) in [6, 6.07) is 8.36. The summed E-state index contributed by atoms with van der Waals surface area (Å²) in [5.74, 6) is 0.652.